The number of aliphatic hydroxyl groups is 2. The summed E-state index contributed by atoms with van der Waals surface area (Å²) in [7, 11) is 1.66. The Morgan fingerprint density at radius 1 is 1.15 bits per heavy atom. The van der Waals surface area contributed by atoms with Gasteiger partial charge >= 0.3 is 0 Å². The Kier molecular flexibility index (Phi) is 3.96. The summed E-state index contributed by atoms with van der Waals surface area (Å²) < 4.78 is 5.17. The van der Waals surface area contributed by atoms with Crippen molar-refractivity contribution in [2.45, 2.75) is 56.5 Å². The molecule has 3 rings (SSSR count). The van der Waals surface area contributed by atoms with E-state index in [1.807, 2.05) is 12.1 Å². The van der Waals surface area contributed by atoms with E-state index in [4.69, 9.17) is 4.74 Å². The molecule has 4 nitrogen and oxygen atoms in total. The highest BCUT2D eigenvalue weighted by atomic mass is 16.5. The second kappa shape index (κ2) is 5.72. The second-order valence-corrected chi connectivity index (χ2v) is 5.97. The van der Waals surface area contributed by atoms with Crippen molar-refractivity contribution in [3.05, 3.63) is 29.8 Å². The number of hydrogen-bond acceptors (Lipinski definition) is 4. The van der Waals surface area contributed by atoms with Crippen LogP contribution in [0.2, 0.25) is 0 Å². The third kappa shape index (κ3) is 2.55. The molecule has 0 aromatic heterocycles. The number of benzene rings is 1. The number of hydrogen-bond donors (Lipinski definition) is 2. The van der Waals surface area contributed by atoms with Crippen molar-refractivity contribution in [1.82, 2.24) is 4.90 Å². The quantitative estimate of drug-likeness (QED) is 0.880. The Labute approximate surface area is 120 Å². The number of nitrogens with zero attached hydrogens (tertiary/aromatic N) is 1. The lowest BCUT2D eigenvalue weighted by molar-refractivity contribution is 0.00963. The highest BCUT2D eigenvalue weighted by molar-refractivity contribution is 5.27. The van der Waals surface area contributed by atoms with Crippen molar-refractivity contribution in [1.29, 1.82) is 0 Å². The summed E-state index contributed by atoms with van der Waals surface area (Å²) >= 11 is 0. The summed E-state index contributed by atoms with van der Waals surface area (Å²) in [6.07, 6.45) is 2.91. The fourth-order valence-corrected chi connectivity index (χ4v) is 3.69. The highest BCUT2D eigenvalue weighted by Gasteiger charge is 2.45. The molecule has 1 aromatic rings. The van der Waals surface area contributed by atoms with Crippen molar-refractivity contribution in [3.63, 3.8) is 0 Å². The lowest BCUT2D eigenvalue weighted by Crippen LogP contribution is -2.44. The zero-order valence-corrected chi connectivity index (χ0v) is 11.9. The third-order valence-electron chi connectivity index (χ3n) is 4.72. The number of ether oxygens (including phenoxy) is 1. The molecule has 2 saturated heterocycles. The van der Waals surface area contributed by atoms with E-state index in [9.17, 15) is 10.2 Å². The first-order valence-corrected chi connectivity index (χ1v) is 7.44. The van der Waals surface area contributed by atoms with E-state index in [0.717, 1.165) is 38.0 Å². The van der Waals surface area contributed by atoms with Gasteiger partial charge in [0.1, 0.15) is 5.75 Å². The van der Waals surface area contributed by atoms with E-state index >= 15 is 0 Å². The van der Waals surface area contributed by atoms with Crippen molar-refractivity contribution in [2.75, 3.05) is 7.11 Å². The molecule has 2 bridgehead atoms. The predicted octanol–water partition coefficient (Wildman–Crippen LogP) is 1.54. The van der Waals surface area contributed by atoms with Gasteiger partial charge in [-0.2, -0.15) is 0 Å². The number of fused-ring (bicyclic) bond motifs is 2. The van der Waals surface area contributed by atoms with Gasteiger partial charge in [-0.3, -0.25) is 4.90 Å². The van der Waals surface area contributed by atoms with E-state index in [1.165, 1.54) is 5.56 Å². The first-order valence-electron chi connectivity index (χ1n) is 7.44. The molecule has 2 aliphatic rings. The van der Waals surface area contributed by atoms with Gasteiger partial charge in [0.2, 0.25) is 0 Å². The minimum absolute atomic E-state index is 0.107. The van der Waals surface area contributed by atoms with Crippen molar-refractivity contribution in [2.24, 2.45) is 0 Å². The lowest BCUT2D eigenvalue weighted by Gasteiger charge is -2.31. The molecule has 4 heteroatoms. The zero-order chi connectivity index (χ0) is 14.1. The summed E-state index contributed by atoms with van der Waals surface area (Å²) in [6.45, 7) is 0.785. The molecular formula is C16H23NO3. The molecule has 0 aliphatic carbocycles. The van der Waals surface area contributed by atoms with Crippen molar-refractivity contribution in [3.8, 4) is 5.75 Å². The minimum atomic E-state index is -0.407. The molecule has 0 amide bonds. The van der Waals surface area contributed by atoms with Crippen LogP contribution in [0, 0.1) is 0 Å². The first kappa shape index (κ1) is 13.9. The zero-order valence-electron chi connectivity index (χ0n) is 11.9. The van der Waals surface area contributed by atoms with Gasteiger partial charge < -0.3 is 14.9 Å². The molecule has 2 aliphatic heterocycles. The van der Waals surface area contributed by atoms with E-state index in [-0.39, 0.29) is 6.04 Å². The number of aliphatic hydroxyl groups excluding tert-OH is 2. The number of rotatable bonds is 3. The van der Waals surface area contributed by atoms with E-state index < -0.39 is 12.2 Å². The van der Waals surface area contributed by atoms with Crippen LogP contribution in [0.3, 0.4) is 0 Å². The van der Waals surface area contributed by atoms with Gasteiger partial charge in [0.25, 0.3) is 0 Å². The summed E-state index contributed by atoms with van der Waals surface area (Å²) in [6, 6.07) is 8.33. The maximum absolute atomic E-state index is 10.3. The smallest absolute Gasteiger partial charge is 0.118 e. The normalized spacial score (nSPS) is 34.0. The van der Waals surface area contributed by atoms with Crippen LogP contribution in [0.25, 0.3) is 0 Å². The Morgan fingerprint density at radius 2 is 1.90 bits per heavy atom. The average Bonchev–Trinajstić information content (AvgIpc) is 2.66. The molecule has 0 saturated carbocycles. The standard InChI is InChI=1S/C16H23NO3/c1-20-13-7-5-11(6-8-13)10-17-12-3-2-4-14(18)16(17)15(19)9-12/h5-8,12,14-16,18-19H,2-4,9-10H2,1H3/t12-,14-,15+,16+/m1/s1. The van der Waals surface area contributed by atoms with E-state index in [0.29, 0.717) is 6.04 Å². The van der Waals surface area contributed by atoms with Crippen LogP contribution in [-0.4, -0.2) is 46.5 Å². The molecule has 0 spiro atoms. The molecule has 2 N–H and O–H groups in total. The van der Waals surface area contributed by atoms with Crippen molar-refractivity contribution < 1.29 is 14.9 Å². The van der Waals surface area contributed by atoms with Gasteiger partial charge in [0, 0.05) is 12.6 Å². The molecule has 0 unspecified atom stereocenters. The largest absolute Gasteiger partial charge is 0.497 e. The van der Waals surface area contributed by atoms with Crippen LogP contribution in [0.1, 0.15) is 31.2 Å². The summed E-state index contributed by atoms with van der Waals surface area (Å²) in [5, 5.41) is 20.5. The van der Waals surface area contributed by atoms with Crippen LogP contribution >= 0.6 is 0 Å². The SMILES string of the molecule is COc1ccc(CN2[C@@H]3CCC[C@@H](O)[C@H]2[C@@H](O)C3)cc1. The third-order valence-corrected chi connectivity index (χ3v) is 4.72. The molecule has 1 aromatic carbocycles. The van der Waals surface area contributed by atoms with Crippen LogP contribution in [0.4, 0.5) is 0 Å². The summed E-state index contributed by atoms with van der Waals surface area (Å²) in [5.74, 6) is 0.854. The Hall–Kier alpha value is -1.10. The van der Waals surface area contributed by atoms with Crippen LogP contribution in [-0.2, 0) is 6.54 Å². The maximum Gasteiger partial charge on any atom is 0.118 e. The van der Waals surface area contributed by atoms with Crippen molar-refractivity contribution >= 4 is 0 Å². The second-order valence-electron chi connectivity index (χ2n) is 5.97. The minimum Gasteiger partial charge on any atom is -0.497 e. The van der Waals surface area contributed by atoms with E-state index in [1.54, 1.807) is 7.11 Å². The topological polar surface area (TPSA) is 52.9 Å². The van der Waals surface area contributed by atoms with E-state index in [2.05, 4.69) is 17.0 Å². The van der Waals surface area contributed by atoms with Crippen LogP contribution < -0.4 is 4.74 Å². The maximum atomic E-state index is 10.3. The Morgan fingerprint density at radius 3 is 2.60 bits per heavy atom. The Balaban J connectivity index is 1.77. The van der Waals surface area contributed by atoms with Gasteiger partial charge in [-0.15, -0.1) is 0 Å². The molecular weight excluding hydrogens is 254 g/mol. The molecule has 110 valence electrons. The molecule has 2 fully saturated rings. The molecule has 20 heavy (non-hydrogen) atoms. The monoisotopic (exact) mass is 277 g/mol. The summed E-state index contributed by atoms with van der Waals surface area (Å²) in [5.41, 5.74) is 1.20. The Bertz CT molecular complexity index is 448. The van der Waals surface area contributed by atoms with Gasteiger partial charge in [0.05, 0.1) is 25.4 Å². The molecule has 0 radical (unpaired) electrons. The van der Waals surface area contributed by atoms with Gasteiger partial charge in [-0.25, -0.2) is 0 Å². The predicted molar refractivity (Wildman–Crippen MR) is 76.6 cm³/mol. The van der Waals surface area contributed by atoms with Gasteiger partial charge in [-0.05, 0) is 43.4 Å². The first-order chi connectivity index (χ1) is 9.69. The molecule has 4 atom stereocenters. The van der Waals surface area contributed by atoms with Gasteiger partial charge in [0.15, 0.2) is 0 Å². The van der Waals surface area contributed by atoms with Crippen LogP contribution in [0.15, 0.2) is 24.3 Å². The fraction of sp³-hybridized carbons (Fsp3) is 0.625. The lowest BCUT2D eigenvalue weighted by atomic mass is 9.96. The van der Waals surface area contributed by atoms with Crippen LogP contribution in [0.5, 0.6) is 5.75 Å². The average molecular weight is 277 g/mol. The highest BCUT2D eigenvalue weighted by Crippen LogP contribution is 2.36. The summed E-state index contributed by atoms with van der Waals surface area (Å²) in [4.78, 5) is 2.30. The van der Waals surface area contributed by atoms with Gasteiger partial charge in [-0.1, -0.05) is 12.1 Å². The molecule has 2 heterocycles. The number of methoxy groups -OCH3 is 1. The fourth-order valence-electron chi connectivity index (χ4n) is 3.69.